The van der Waals surface area contributed by atoms with Crippen LogP contribution in [0.15, 0.2) is 53.9 Å². The Balaban J connectivity index is 1.57. The Morgan fingerprint density at radius 1 is 1.17 bits per heavy atom. The number of carbonyl (C=O) groups excluding carboxylic acids is 1. The van der Waals surface area contributed by atoms with Crippen molar-refractivity contribution in [3.05, 3.63) is 74.9 Å². The van der Waals surface area contributed by atoms with E-state index in [1.165, 1.54) is 23.1 Å². The largest absolute Gasteiger partial charge is 0.495 e. The van der Waals surface area contributed by atoms with Crippen LogP contribution in [0.5, 0.6) is 11.5 Å². The van der Waals surface area contributed by atoms with Crippen LogP contribution in [0.3, 0.4) is 0 Å². The first-order valence-corrected chi connectivity index (χ1v) is 10.9. The number of hydrogen-bond acceptors (Lipinski definition) is 5. The molecule has 1 aliphatic rings. The van der Waals surface area contributed by atoms with Crippen LogP contribution in [0.1, 0.15) is 22.0 Å². The van der Waals surface area contributed by atoms with Crippen molar-refractivity contribution in [2.75, 3.05) is 32.6 Å². The number of thiophene rings is 1. The van der Waals surface area contributed by atoms with Gasteiger partial charge < -0.3 is 14.8 Å². The van der Waals surface area contributed by atoms with E-state index in [-0.39, 0.29) is 18.5 Å². The molecule has 30 heavy (non-hydrogen) atoms. The molecule has 1 N–H and O–H groups in total. The molecule has 0 radical (unpaired) electrons. The van der Waals surface area contributed by atoms with Crippen molar-refractivity contribution in [3.8, 4) is 11.5 Å². The summed E-state index contributed by atoms with van der Waals surface area (Å²) in [4.78, 5) is 16.6. The third kappa shape index (κ3) is 4.17. The van der Waals surface area contributed by atoms with Crippen LogP contribution < -0.4 is 14.8 Å². The van der Waals surface area contributed by atoms with Gasteiger partial charge in [-0.3, -0.25) is 9.69 Å². The Hall–Kier alpha value is -2.54. The predicted molar refractivity (Wildman–Crippen MR) is 121 cm³/mol. The van der Waals surface area contributed by atoms with E-state index in [0.29, 0.717) is 22.2 Å². The molecule has 156 valence electrons. The number of ether oxygens (including phenoxy) is 2. The summed E-state index contributed by atoms with van der Waals surface area (Å²) >= 11 is 7.96. The number of benzene rings is 2. The lowest BCUT2D eigenvalue weighted by molar-refractivity contribution is -0.117. The van der Waals surface area contributed by atoms with Crippen molar-refractivity contribution in [2.24, 2.45) is 0 Å². The second-order valence-electron chi connectivity index (χ2n) is 7.07. The molecule has 0 saturated heterocycles. The molecule has 3 aromatic rings. The van der Waals surface area contributed by atoms with Gasteiger partial charge in [-0.25, -0.2) is 0 Å². The van der Waals surface area contributed by atoms with Crippen LogP contribution in [0, 0.1) is 0 Å². The molecule has 1 aromatic heterocycles. The average Bonchev–Trinajstić information content (AvgIpc) is 3.23. The molecule has 1 amide bonds. The highest BCUT2D eigenvalue weighted by Crippen LogP contribution is 2.38. The summed E-state index contributed by atoms with van der Waals surface area (Å²) in [6.07, 6.45) is 0.946. The molecule has 5 nitrogen and oxygen atoms in total. The Morgan fingerprint density at radius 3 is 2.67 bits per heavy atom. The van der Waals surface area contributed by atoms with Crippen molar-refractivity contribution in [1.82, 2.24) is 4.90 Å². The lowest BCUT2D eigenvalue weighted by Gasteiger charge is -2.35. The first-order valence-electron chi connectivity index (χ1n) is 9.67. The van der Waals surface area contributed by atoms with Crippen molar-refractivity contribution >= 4 is 34.5 Å². The maximum atomic E-state index is 13.0. The van der Waals surface area contributed by atoms with E-state index in [9.17, 15) is 4.79 Å². The minimum Gasteiger partial charge on any atom is -0.495 e. The van der Waals surface area contributed by atoms with Gasteiger partial charge in [0.15, 0.2) is 0 Å². The van der Waals surface area contributed by atoms with Gasteiger partial charge in [0.1, 0.15) is 11.5 Å². The minimum absolute atomic E-state index is 0.0635. The Labute approximate surface area is 185 Å². The first-order chi connectivity index (χ1) is 14.6. The highest BCUT2D eigenvalue weighted by atomic mass is 35.5. The van der Waals surface area contributed by atoms with Gasteiger partial charge in [-0.05, 0) is 29.0 Å². The van der Waals surface area contributed by atoms with E-state index >= 15 is 0 Å². The van der Waals surface area contributed by atoms with Gasteiger partial charge in [-0.1, -0.05) is 41.9 Å². The highest BCUT2D eigenvalue weighted by Gasteiger charge is 2.30. The fraction of sp³-hybridized carbons (Fsp3) is 0.261. The quantitative estimate of drug-likeness (QED) is 0.583. The van der Waals surface area contributed by atoms with Crippen molar-refractivity contribution in [2.45, 2.75) is 12.5 Å². The third-order valence-electron chi connectivity index (χ3n) is 5.28. The summed E-state index contributed by atoms with van der Waals surface area (Å²) in [6.45, 7) is 1.09. The minimum atomic E-state index is -0.114. The zero-order chi connectivity index (χ0) is 21.1. The number of fused-ring (bicyclic) bond motifs is 1. The number of carbonyl (C=O) groups is 1. The number of hydrogen-bond donors (Lipinski definition) is 1. The Kier molecular flexibility index (Phi) is 6.27. The van der Waals surface area contributed by atoms with Crippen LogP contribution >= 0.6 is 22.9 Å². The molecular weight excluding hydrogens is 420 g/mol. The lowest BCUT2D eigenvalue weighted by Crippen LogP contribution is -2.40. The van der Waals surface area contributed by atoms with Gasteiger partial charge in [0.2, 0.25) is 5.91 Å². The summed E-state index contributed by atoms with van der Waals surface area (Å²) in [7, 11) is 3.08. The number of methoxy groups -OCH3 is 2. The molecular formula is C23H23ClN2O3S. The highest BCUT2D eigenvalue weighted by molar-refractivity contribution is 7.10. The molecule has 0 fully saturated rings. The number of amides is 1. The maximum absolute atomic E-state index is 13.0. The normalized spacial score (nSPS) is 16.0. The predicted octanol–water partition coefficient (Wildman–Crippen LogP) is 5.00. The maximum Gasteiger partial charge on any atom is 0.238 e. The zero-order valence-electron chi connectivity index (χ0n) is 16.9. The number of anilines is 1. The van der Waals surface area contributed by atoms with Crippen LogP contribution in [0.2, 0.25) is 5.02 Å². The van der Waals surface area contributed by atoms with E-state index in [4.69, 9.17) is 21.1 Å². The fourth-order valence-electron chi connectivity index (χ4n) is 3.90. The van der Waals surface area contributed by atoms with E-state index in [1.54, 1.807) is 30.6 Å². The molecule has 0 spiro atoms. The number of halogens is 1. The second kappa shape index (κ2) is 9.08. The topological polar surface area (TPSA) is 50.8 Å². The summed E-state index contributed by atoms with van der Waals surface area (Å²) < 4.78 is 10.6. The lowest BCUT2D eigenvalue weighted by atomic mass is 9.93. The van der Waals surface area contributed by atoms with E-state index < -0.39 is 0 Å². The molecule has 1 atom stereocenters. The second-order valence-corrected chi connectivity index (χ2v) is 8.48. The fourth-order valence-corrected chi connectivity index (χ4v) is 5.03. The third-order valence-corrected chi connectivity index (χ3v) is 6.57. The molecule has 2 heterocycles. The molecule has 0 unspecified atom stereocenters. The van der Waals surface area contributed by atoms with E-state index in [1.807, 2.05) is 18.2 Å². The van der Waals surface area contributed by atoms with Crippen LogP contribution in [0.4, 0.5) is 5.69 Å². The van der Waals surface area contributed by atoms with Gasteiger partial charge in [0.25, 0.3) is 0 Å². The summed E-state index contributed by atoms with van der Waals surface area (Å²) in [6, 6.07) is 15.9. The van der Waals surface area contributed by atoms with Gasteiger partial charge in [-0.15, -0.1) is 11.3 Å². The summed E-state index contributed by atoms with van der Waals surface area (Å²) in [5.74, 6) is 0.862. The number of nitrogens with one attached hydrogen (secondary N) is 1. The molecule has 2 aromatic carbocycles. The molecule has 0 aliphatic carbocycles. The van der Waals surface area contributed by atoms with E-state index in [0.717, 1.165) is 13.0 Å². The first kappa shape index (κ1) is 20.7. The SMILES string of the molecule is COc1cc(NC(=O)CN2CCc3sccc3[C@H]2c2ccccc2)c(OC)cc1Cl. The number of rotatable bonds is 6. The van der Waals surface area contributed by atoms with E-state index in [2.05, 4.69) is 33.8 Å². The Bertz CT molecular complexity index is 1040. The zero-order valence-corrected chi connectivity index (χ0v) is 18.4. The molecule has 0 saturated carbocycles. The summed E-state index contributed by atoms with van der Waals surface area (Å²) in [5, 5.41) is 5.52. The van der Waals surface area contributed by atoms with Crippen LogP contribution in [-0.4, -0.2) is 38.1 Å². The van der Waals surface area contributed by atoms with Gasteiger partial charge >= 0.3 is 0 Å². The van der Waals surface area contributed by atoms with Crippen molar-refractivity contribution in [1.29, 1.82) is 0 Å². The molecule has 1 aliphatic heterocycles. The standard InChI is InChI=1S/C23H23ClN2O3S/c1-28-19-13-18(20(29-2)12-17(19)24)25-22(27)14-26-10-8-21-16(9-11-30-21)23(26)15-6-4-3-5-7-15/h3-7,9,11-13,23H,8,10,14H2,1-2H3,(H,25,27)/t23-/m1/s1. The van der Waals surface area contributed by atoms with Crippen LogP contribution in [0.25, 0.3) is 0 Å². The van der Waals surface area contributed by atoms with Crippen molar-refractivity contribution in [3.63, 3.8) is 0 Å². The molecule has 4 rings (SSSR count). The molecule has 7 heteroatoms. The van der Waals surface area contributed by atoms with Gasteiger partial charge in [0.05, 0.1) is 37.5 Å². The van der Waals surface area contributed by atoms with Crippen LogP contribution in [-0.2, 0) is 11.2 Å². The van der Waals surface area contributed by atoms with Gasteiger partial charge in [-0.2, -0.15) is 0 Å². The smallest absolute Gasteiger partial charge is 0.238 e. The Morgan fingerprint density at radius 2 is 1.93 bits per heavy atom. The van der Waals surface area contributed by atoms with Crippen molar-refractivity contribution < 1.29 is 14.3 Å². The monoisotopic (exact) mass is 442 g/mol. The molecule has 0 bridgehead atoms. The number of nitrogens with zero attached hydrogens (tertiary/aromatic N) is 1. The average molecular weight is 443 g/mol. The van der Waals surface area contributed by atoms with Gasteiger partial charge in [0, 0.05) is 23.6 Å². The summed E-state index contributed by atoms with van der Waals surface area (Å²) in [5.41, 5.74) is 3.01.